The maximum absolute atomic E-state index is 13.5. The van der Waals surface area contributed by atoms with Crippen molar-refractivity contribution in [1.29, 1.82) is 0 Å². The fourth-order valence-corrected chi connectivity index (χ4v) is 6.56. The molecule has 9 nitrogen and oxygen atoms in total. The fourth-order valence-electron chi connectivity index (χ4n) is 4.87. The summed E-state index contributed by atoms with van der Waals surface area (Å²) in [5.41, 5.74) is 1.40. The zero-order valence-corrected chi connectivity index (χ0v) is 21.3. The molecule has 1 fully saturated rings. The number of hydrogen-bond acceptors (Lipinski definition) is 7. The van der Waals surface area contributed by atoms with Gasteiger partial charge in [0.15, 0.2) is 38.4 Å². The number of aromatic nitrogens is 4. The van der Waals surface area contributed by atoms with Crippen LogP contribution in [0.1, 0.15) is 18.9 Å². The number of imidazole rings is 1. The summed E-state index contributed by atoms with van der Waals surface area (Å²) in [4.78, 5) is 13.8. The average molecular weight is 522 g/mol. The minimum atomic E-state index is -3.70. The summed E-state index contributed by atoms with van der Waals surface area (Å²) in [5.74, 6) is 1.66. The van der Waals surface area contributed by atoms with Crippen molar-refractivity contribution >= 4 is 48.5 Å². The van der Waals surface area contributed by atoms with Crippen LogP contribution in [-0.4, -0.2) is 66.6 Å². The molecule has 1 aromatic carbocycles. The van der Waals surface area contributed by atoms with E-state index >= 15 is 0 Å². The predicted molar refractivity (Wildman–Crippen MR) is 140 cm³/mol. The Bertz CT molecular complexity index is 1590. The fraction of sp³-hybridized carbons (Fsp3) is 0.261. The van der Waals surface area contributed by atoms with Gasteiger partial charge in [-0.05, 0) is 49.2 Å². The summed E-state index contributed by atoms with van der Waals surface area (Å²) in [6.45, 7) is 0.722. The summed E-state index contributed by atoms with van der Waals surface area (Å²) >= 11 is 6.41. The number of benzene rings is 1. The molecular formula is C23H22B2ClN5O4S. The van der Waals surface area contributed by atoms with Crippen LogP contribution >= 0.6 is 11.6 Å². The third-order valence-electron chi connectivity index (χ3n) is 6.50. The molecular weight excluding hydrogens is 499 g/mol. The quantitative estimate of drug-likeness (QED) is 0.298. The molecule has 4 aromatic rings. The van der Waals surface area contributed by atoms with Gasteiger partial charge in [-0.25, -0.2) is 23.4 Å². The van der Waals surface area contributed by atoms with E-state index in [-0.39, 0.29) is 10.9 Å². The summed E-state index contributed by atoms with van der Waals surface area (Å²) in [5, 5.41) is 0.361. The molecule has 0 spiro atoms. The van der Waals surface area contributed by atoms with Crippen molar-refractivity contribution in [3.8, 4) is 22.9 Å². The van der Waals surface area contributed by atoms with Gasteiger partial charge in [-0.15, -0.1) is 0 Å². The minimum absolute atomic E-state index is 0.000163. The van der Waals surface area contributed by atoms with E-state index in [1.165, 1.54) is 4.31 Å². The summed E-state index contributed by atoms with van der Waals surface area (Å²) < 4.78 is 42.0. The van der Waals surface area contributed by atoms with Crippen LogP contribution in [-0.2, 0) is 10.0 Å². The highest BCUT2D eigenvalue weighted by molar-refractivity contribution is 7.89. The molecule has 2 aliphatic rings. The van der Waals surface area contributed by atoms with E-state index in [9.17, 15) is 8.42 Å². The molecule has 5 heterocycles. The second-order valence-corrected chi connectivity index (χ2v) is 11.6. The number of halogens is 1. The number of sulfonamides is 1. The molecule has 0 atom stereocenters. The van der Waals surface area contributed by atoms with E-state index < -0.39 is 15.6 Å². The van der Waals surface area contributed by atoms with Gasteiger partial charge in [-0.2, -0.15) is 4.31 Å². The number of piperidine rings is 1. The first-order valence-electron chi connectivity index (χ1n) is 11.7. The number of rotatable bonds is 4. The van der Waals surface area contributed by atoms with Crippen molar-refractivity contribution in [3.05, 3.63) is 60.0 Å². The van der Waals surface area contributed by atoms with Crippen molar-refractivity contribution in [3.63, 3.8) is 0 Å². The predicted octanol–water partition coefficient (Wildman–Crippen LogP) is 1.82. The summed E-state index contributed by atoms with van der Waals surface area (Å²) in [6, 6.07) is 12.2. The minimum Gasteiger partial charge on any atom is -0.467 e. The van der Waals surface area contributed by atoms with Crippen LogP contribution in [0, 0.1) is 0 Å². The maximum Gasteiger partial charge on any atom is 0.243 e. The maximum atomic E-state index is 13.5. The topological polar surface area (TPSA) is 99.4 Å². The van der Waals surface area contributed by atoms with E-state index in [1.54, 1.807) is 46.3 Å². The van der Waals surface area contributed by atoms with Crippen LogP contribution in [0.25, 0.3) is 22.6 Å². The molecule has 2 aliphatic heterocycles. The van der Waals surface area contributed by atoms with Crippen molar-refractivity contribution in [2.75, 3.05) is 13.1 Å². The summed E-state index contributed by atoms with van der Waals surface area (Å²) in [6.07, 6.45) is 4.57. The lowest BCUT2D eigenvalue weighted by Crippen LogP contribution is -2.39. The first-order valence-corrected chi connectivity index (χ1v) is 13.5. The van der Waals surface area contributed by atoms with Gasteiger partial charge in [0.25, 0.3) is 0 Å². The van der Waals surface area contributed by atoms with Gasteiger partial charge in [-0.3, -0.25) is 0 Å². The number of nitrogens with zero attached hydrogens (tertiary/aromatic N) is 5. The third kappa shape index (κ3) is 3.93. The zero-order chi connectivity index (χ0) is 25.1. The van der Waals surface area contributed by atoms with E-state index in [1.807, 2.05) is 24.3 Å². The van der Waals surface area contributed by atoms with Gasteiger partial charge >= 0.3 is 0 Å². The van der Waals surface area contributed by atoms with Crippen LogP contribution in [0.15, 0.2) is 59.8 Å². The zero-order valence-electron chi connectivity index (χ0n) is 19.8. The highest BCUT2D eigenvalue weighted by Gasteiger charge is 2.35. The molecule has 0 amide bonds. The van der Waals surface area contributed by atoms with E-state index in [0.29, 0.717) is 48.4 Å². The lowest BCUT2D eigenvalue weighted by molar-refractivity contribution is 0.0833. The van der Waals surface area contributed by atoms with Gasteiger partial charge in [0.05, 0.1) is 10.5 Å². The standard InChI is InChI=1S/C23H22B2ClN5O4S/c24-23(25)34-18-6-5-15(13-19(18)35-23)36(32,33)30-11-7-14(8-12-30)31-21(16-3-1-9-27-20(16)26)29-17-4-2-10-28-22(17)31/h1-6,9-10,13-14H,7-8,11-12,24-25H2. The lowest BCUT2D eigenvalue weighted by Gasteiger charge is -2.32. The molecule has 182 valence electrons. The normalized spacial score (nSPS) is 18.0. The highest BCUT2D eigenvalue weighted by Crippen LogP contribution is 2.40. The SMILES string of the molecule is BC1(B)Oc2ccc(S(=O)(=O)N3CCC(n4c(-c5cccnc5Cl)nc5cccnc54)CC3)cc2O1. The molecule has 13 heteroatoms. The van der Waals surface area contributed by atoms with E-state index in [0.717, 1.165) is 16.7 Å². The molecule has 1 saturated heterocycles. The molecule has 0 aliphatic carbocycles. The Morgan fingerprint density at radius 1 is 1.00 bits per heavy atom. The Morgan fingerprint density at radius 2 is 1.72 bits per heavy atom. The van der Waals surface area contributed by atoms with Crippen molar-refractivity contribution in [1.82, 2.24) is 23.8 Å². The monoisotopic (exact) mass is 521 g/mol. The summed E-state index contributed by atoms with van der Waals surface area (Å²) in [7, 11) is -0.128. The molecule has 0 unspecified atom stereocenters. The van der Waals surface area contributed by atoms with Gasteiger partial charge in [0.2, 0.25) is 10.0 Å². The molecule has 0 bridgehead atoms. The van der Waals surface area contributed by atoms with Gasteiger partial charge in [-0.1, -0.05) is 11.6 Å². The molecule has 6 rings (SSSR count). The Kier molecular flexibility index (Phi) is 5.51. The first kappa shape index (κ1) is 23.3. The third-order valence-corrected chi connectivity index (χ3v) is 8.70. The number of fused-ring (bicyclic) bond motifs is 2. The van der Waals surface area contributed by atoms with Crippen molar-refractivity contribution in [2.45, 2.75) is 29.4 Å². The Morgan fingerprint density at radius 3 is 2.50 bits per heavy atom. The molecule has 0 radical (unpaired) electrons. The number of pyridine rings is 2. The van der Waals surface area contributed by atoms with Crippen LogP contribution in [0.5, 0.6) is 11.5 Å². The lowest BCUT2D eigenvalue weighted by atomic mass is 9.76. The Hall–Kier alpha value is -3.08. The second-order valence-electron chi connectivity index (χ2n) is 9.34. The average Bonchev–Trinajstić information content (AvgIpc) is 3.39. The Labute approximate surface area is 215 Å². The second kappa shape index (κ2) is 8.50. The van der Waals surface area contributed by atoms with E-state index in [2.05, 4.69) is 14.5 Å². The molecule has 3 aromatic heterocycles. The molecule has 36 heavy (non-hydrogen) atoms. The van der Waals surface area contributed by atoms with Crippen LogP contribution in [0.2, 0.25) is 5.15 Å². The van der Waals surface area contributed by atoms with Gasteiger partial charge in [0, 0.05) is 37.6 Å². The Balaban J connectivity index is 1.29. The molecule has 0 N–H and O–H groups in total. The van der Waals surface area contributed by atoms with Crippen molar-refractivity contribution in [2.24, 2.45) is 0 Å². The van der Waals surface area contributed by atoms with Gasteiger partial charge < -0.3 is 14.0 Å². The first-order chi connectivity index (χ1) is 17.2. The van der Waals surface area contributed by atoms with Crippen LogP contribution in [0.3, 0.4) is 0 Å². The smallest absolute Gasteiger partial charge is 0.243 e. The van der Waals surface area contributed by atoms with Crippen LogP contribution in [0.4, 0.5) is 0 Å². The van der Waals surface area contributed by atoms with Gasteiger partial charge in [0.1, 0.15) is 16.5 Å². The number of hydrogen-bond donors (Lipinski definition) is 0. The number of ether oxygens (including phenoxy) is 2. The van der Waals surface area contributed by atoms with E-state index in [4.69, 9.17) is 26.1 Å². The molecule has 0 saturated carbocycles. The van der Waals surface area contributed by atoms with Crippen molar-refractivity contribution < 1.29 is 17.9 Å². The highest BCUT2D eigenvalue weighted by atomic mass is 35.5. The van der Waals surface area contributed by atoms with Crippen LogP contribution < -0.4 is 9.47 Å². The largest absolute Gasteiger partial charge is 0.467 e.